The van der Waals surface area contributed by atoms with Gasteiger partial charge in [-0.3, -0.25) is 9.59 Å². The standard InChI is InChI=1S/C21H25N3O3S/c1-3-10-23(21(26)19-9-6-13-28-19)16-20(25)24(15-18-8-5-12-27-18)14-17-7-4-11-22(17)2/h4-9,11-13H,3,10,14-16H2,1-2H3. The Labute approximate surface area is 169 Å². The molecule has 0 fully saturated rings. The third kappa shape index (κ3) is 4.92. The molecule has 0 aliphatic carbocycles. The minimum atomic E-state index is -0.101. The van der Waals surface area contributed by atoms with Crippen LogP contribution in [0.25, 0.3) is 0 Å². The topological polar surface area (TPSA) is 58.7 Å². The maximum atomic E-state index is 13.2. The van der Waals surface area contributed by atoms with E-state index in [1.165, 1.54) is 11.3 Å². The number of carbonyl (C=O) groups is 2. The molecule has 148 valence electrons. The van der Waals surface area contributed by atoms with Gasteiger partial charge in [0, 0.05) is 25.5 Å². The van der Waals surface area contributed by atoms with E-state index in [1.807, 2.05) is 60.4 Å². The fraction of sp³-hybridized carbons (Fsp3) is 0.333. The summed E-state index contributed by atoms with van der Waals surface area (Å²) in [5.74, 6) is 0.521. The van der Waals surface area contributed by atoms with Gasteiger partial charge in [0.25, 0.3) is 5.91 Å². The van der Waals surface area contributed by atoms with Gasteiger partial charge in [-0.1, -0.05) is 13.0 Å². The average Bonchev–Trinajstić information content (AvgIpc) is 3.44. The molecule has 7 heteroatoms. The maximum Gasteiger partial charge on any atom is 0.264 e. The molecule has 3 heterocycles. The maximum absolute atomic E-state index is 13.2. The van der Waals surface area contributed by atoms with Gasteiger partial charge in [0.05, 0.1) is 24.2 Å². The van der Waals surface area contributed by atoms with Gasteiger partial charge in [-0.2, -0.15) is 0 Å². The van der Waals surface area contributed by atoms with Gasteiger partial charge in [-0.05, 0) is 42.1 Å². The number of aromatic nitrogens is 1. The van der Waals surface area contributed by atoms with E-state index in [4.69, 9.17) is 4.42 Å². The Bertz CT molecular complexity index is 884. The van der Waals surface area contributed by atoms with E-state index >= 15 is 0 Å². The van der Waals surface area contributed by atoms with Crippen molar-refractivity contribution in [3.05, 3.63) is 70.6 Å². The molecule has 0 aliphatic heterocycles. The van der Waals surface area contributed by atoms with Crippen molar-refractivity contribution in [2.75, 3.05) is 13.1 Å². The first-order valence-corrected chi connectivity index (χ1v) is 10.2. The largest absolute Gasteiger partial charge is 0.467 e. The smallest absolute Gasteiger partial charge is 0.264 e. The number of amides is 2. The molecular weight excluding hydrogens is 374 g/mol. The summed E-state index contributed by atoms with van der Waals surface area (Å²) >= 11 is 1.40. The molecule has 6 nitrogen and oxygen atoms in total. The zero-order valence-electron chi connectivity index (χ0n) is 16.2. The van der Waals surface area contributed by atoms with Crippen LogP contribution in [-0.4, -0.2) is 39.3 Å². The number of hydrogen-bond donors (Lipinski definition) is 0. The zero-order valence-corrected chi connectivity index (χ0v) is 17.0. The Morgan fingerprint density at radius 2 is 1.96 bits per heavy atom. The van der Waals surface area contributed by atoms with Crippen molar-refractivity contribution in [2.45, 2.75) is 26.4 Å². The molecule has 0 saturated heterocycles. The molecule has 2 amide bonds. The fourth-order valence-corrected chi connectivity index (χ4v) is 3.71. The van der Waals surface area contributed by atoms with Crippen LogP contribution in [-0.2, 0) is 24.9 Å². The summed E-state index contributed by atoms with van der Waals surface area (Å²) in [6, 6.07) is 11.3. The van der Waals surface area contributed by atoms with E-state index in [0.717, 1.165) is 12.1 Å². The molecule has 3 aromatic rings. The molecular formula is C21H25N3O3S. The Morgan fingerprint density at radius 1 is 1.11 bits per heavy atom. The highest BCUT2D eigenvalue weighted by Crippen LogP contribution is 2.15. The van der Waals surface area contributed by atoms with Gasteiger partial charge in [0.2, 0.25) is 5.91 Å². The molecule has 0 N–H and O–H groups in total. The predicted molar refractivity (Wildman–Crippen MR) is 109 cm³/mol. The molecule has 0 bridgehead atoms. The van der Waals surface area contributed by atoms with Crippen LogP contribution >= 0.6 is 11.3 Å². The van der Waals surface area contributed by atoms with Gasteiger partial charge in [-0.25, -0.2) is 0 Å². The van der Waals surface area contributed by atoms with Crippen molar-refractivity contribution in [1.29, 1.82) is 0 Å². The lowest BCUT2D eigenvalue weighted by Crippen LogP contribution is -2.42. The highest BCUT2D eigenvalue weighted by Gasteiger charge is 2.23. The summed E-state index contributed by atoms with van der Waals surface area (Å²) < 4.78 is 7.43. The number of thiophene rings is 1. The highest BCUT2D eigenvalue weighted by atomic mass is 32.1. The molecule has 0 aromatic carbocycles. The summed E-state index contributed by atoms with van der Waals surface area (Å²) in [5.41, 5.74) is 1.02. The summed E-state index contributed by atoms with van der Waals surface area (Å²) in [5, 5.41) is 1.87. The van der Waals surface area contributed by atoms with Crippen LogP contribution in [0.2, 0.25) is 0 Å². The zero-order chi connectivity index (χ0) is 19.9. The summed E-state index contributed by atoms with van der Waals surface area (Å²) in [6.45, 7) is 3.42. The molecule has 3 aromatic heterocycles. The summed E-state index contributed by atoms with van der Waals surface area (Å²) in [7, 11) is 1.95. The average molecular weight is 400 g/mol. The number of furan rings is 1. The van der Waals surface area contributed by atoms with Crippen LogP contribution < -0.4 is 0 Å². The second kappa shape index (κ2) is 9.41. The second-order valence-electron chi connectivity index (χ2n) is 6.64. The van der Waals surface area contributed by atoms with E-state index in [0.29, 0.717) is 30.3 Å². The first-order valence-electron chi connectivity index (χ1n) is 9.31. The van der Waals surface area contributed by atoms with Crippen LogP contribution in [0, 0.1) is 0 Å². The molecule has 0 radical (unpaired) electrons. The second-order valence-corrected chi connectivity index (χ2v) is 7.59. The lowest BCUT2D eigenvalue weighted by Gasteiger charge is -2.27. The Morgan fingerprint density at radius 3 is 2.57 bits per heavy atom. The number of aryl methyl sites for hydroxylation is 1. The van der Waals surface area contributed by atoms with Crippen LogP contribution in [0.1, 0.15) is 34.5 Å². The van der Waals surface area contributed by atoms with Crippen molar-refractivity contribution in [3.8, 4) is 0 Å². The van der Waals surface area contributed by atoms with Crippen LogP contribution in [0.15, 0.2) is 58.7 Å². The number of carbonyl (C=O) groups excluding carboxylic acids is 2. The van der Waals surface area contributed by atoms with Crippen molar-refractivity contribution < 1.29 is 14.0 Å². The van der Waals surface area contributed by atoms with Gasteiger partial charge >= 0.3 is 0 Å². The van der Waals surface area contributed by atoms with E-state index in [-0.39, 0.29) is 18.4 Å². The van der Waals surface area contributed by atoms with Crippen molar-refractivity contribution in [3.63, 3.8) is 0 Å². The van der Waals surface area contributed by atoms with Crippen molar-refractivity contribution >= 4 is 23.2 Å². The SMILES string of the molecule is CCCN(CC(=O)N(Cc1ccco1)Cc1cccn1C)C(=O)c1cccs1. The first kappa shape index (κ1) is 19.9. The first-order chi connectivity index (χ1) is 13.6. The molecule has 3 rings (SSSR count). The van der Waals surface area contributed by atoms with E-state index in [1.54, 1.807) is 22.1 Å². The fourth-order valence-electron chi connectivity index (χ4n) is 3.02. The Balaban J connectivity index is 1.76. The summed E-state index contributed by atoms with van der Waals surface area (Å²) in [4.78, 5) is 30.0. The van der Waals surface area contributed by atoms with Crippen LogP contribution in [0.3, 0.4) is 0 Å². The van der Waals surface area contributed by atoms with Crippen molar-refractivity contribution in [1.82, 2.24) is 14.4 Å². The number of nitrogens with zero attached hydrogens (tertiary/aromatic N) is 3. The lowest BCUT2D eigenvalue weighted by atomic mass is 10.3. The normalized spacial score (nSPS) is 10.8. The van der Waals surface area contributed by atoms with E-state index < -0.39 is 0 Å². The predicted octanol–water partition coefficient (Wildman–Crippen LogP) is 3.76. The third-order valence-corrected chi connectivity index (χ3v) is 5.38. The number of rotatable bonds is 9. The van der Waals surface area contributed by atoms with Gasteiger partial charge in [0.15, 0.2) is 0 Å². The molecule has 0 saturated carbocycles. The lowest BCUT2D eigenvalue weighted by molar-refractivity contribution is -0.133. The molecule has 0 unspecified atom stereocenters. The minimum Gasteiger partial charge on any atom is -0.467 e. The van der Waals surface area contributed by atoms with Gasteiger partial charge in [0.1, 0.15) is 12.3 Å². The molecule has 0 spiro atoms. The third-order valence-electron chi connectivity index (χ3n) is 4.52. The number of hydrogen-bond acceptors (Lipinski definition) is 4. The minimum absolute atomic E-state index is 0.0513. The van der Waals surface area contributed by atoms with Crippen molar-refractivity contribution in [2.24, 2.45) is 7.05 Å². The van der Waals surface area contributed by atoms with E-state index in [2.05, 4.69) is 0 Å². The quantitative estimate of drug-likeness (QED) is 0.550. The Kier molecular flexibility index (Phi) is 6.71. The molecule has 0 atom stereocenters. The van der Waals surface area contributed by atoms with Gasteiger partial charge < -0.3 is 18.8 Å². The highest BCUT2D eigenvalue weighted by molar-refractivity contribution is 7.12. The molecule has 0 aliphatic rings. The molecule has 28 heavy (non-hydrogen) atoms. The van der Waals surface area contributed by atoms with Gasteiger partial charge in [-0.15, -0.1) is 11.3 Å². The van der Waals surface area contributed by atoms with Crippen LogP contribution in [0.5, 0.6) is 0 Å². The Hall–Kier alpha value is -2.80. The summed E-state index contributed by atoms with van der Waals surface area (Å²) in [6.07, 6.45) is 4.35. The monoisotopic (exact) mass is 399 g/mol. The van der Waals surface area contributed by atoms with Crippen LogP contribution in [0.4, 0.5) is 0 Å². The van der Waals surface area contributed by atoms with E-state index in [9.17, 15) is 9.59 Å².